The molecule has 0 amide bonds. The monoisotopic (exact) mass is 249 g/mol. The van der Waals surface area contributed by atoms with Gasteiger partial charge >= 0.3 is 0 Å². The topological polar surface area (TPSA) is 47.0 Å². The summed E-state index contributed by atoms with van der Waals surface area (Å²) < 4.78 is 4.97. The molecule has 4 nitrogen and oxygen atoms in total. The van der Waals surface area contributed by atoms with E-state index in [1.54, 1.807) is 30.8 Å². The normalized spacial score (nSPS) is 10.6. The van der Waals surface area contributed by atoms with E-state index in [0.29, 0.717) is 0 Å². The predicted molar refractivity (Wildman–Crippen MR) is 68.9 cm³/mol. The van der Waals surface area contributed by atoms with E-state index in [4.69, 9.17) is 4.74 Å². The molecule has 2 aromatic rings. The number of pyridine rings is 1. The average molecular weight is 249 g/mol. The maximum absolute atomic E-state index is 4.97. The summed E-state index contributed by atoms with van der Waals surface area (Å²) in [6, 6.07) is 3.94. The molecule has 90 valence electrons. The number of methoxy groups -OCH3 is 1. The number of nitrogens with zero attached hydrogens (tertiary/aromatic N) is 2. The number of aromatic nitrogens is 2. The summed E-state index contributed by atoms with van der Waals surface area (Å²) >= 11 is 1.67. The molecule has 0 fully saturated rings. The largest absolute Gasteiger partial charge is 0.383 e. The number of hydrogen-bond donors (Lipinski definition) is 1. The van der Waals surface area contributed by atoms with E-state index >= 15 is 0 Å². The second kappa shape index (κ2) is 6.44. The smallest absolute Gasteiger partial charge is 0.107 e. The molecule has 0 spiro atoms. The van der Waals surface area contributed by atoms with Crippen LogP contribution in [0.15, 0.2) is 29.9 Å². The van der Waals surface area contributed by atoms with Gasteiger partial charge in [-0.25, -0.2) is 4.98 Å². The van der Waals surface area contributed by atoms with Gasteiger partial charge < -0.3 is 10.1 Å². The van der Waals surface area contributed by atoms with Crippen LogP contribution in [0.1, 0.15) is 5.01 Å². The molecule has 0 saturated heterocycles. The van der Waals surface area contributed by atoms with Crippen molar-refractivity contribution in [3.63, 3.8) is 0 Å². The van der Waals surface area contributed by atoms with Crippen LogP contribution in [-0.4, -0.2) is 30.2 Å². The summed E-state index contributed by atoms with van der Waals surface area (Å²) in [7, 11) is 1.70. The van der Waals surface area contributed by atoms with Crippen LogP contribution in [0.3, 0.4) is 0 Å². The van der Waals surface area contributed by atoms with E-state index < -0.39 is 0 Å². The van der Waals surface area contributed by atoms with Crippen molar-refractivity contribution in [1.29, 1.82) is 0 Å². The highest BCUT2D eigenvalue weighted by Crippen LogP contribution is 2.20. The highest BCUT2D eigenvalue weighted by molar-refractivity contribution is 7.09. The van der Waals surface area contributed by atoms with E-state index in [2.05, 4.69) is 20.7 Å². The summed E-state index contributed by atoms with van der Waals surface area (Å²) in [6.45, 7) is 2.36. The van der Waals surface area contributed by atoms with E-state index in [0.717, 1.165) is 36.0 Å². The Bertz CT molecular complexity index is 444. The summed E-state index contributed by atoms with van der Waals surface area (Å²) in [5, 5.41) is 6.44. The molecular weight excluding hydrogens is 234 g/mol. The second-order valence-corrected chi connectivity index (χ2v) is 4.47. The maximum Gasteiger partial charge on any atom is 0.107 e. The molecule has 5 heteroatoms. The number of ether oxygens (including phenoxy) is 1. The SMILES string of the molecule is COCCNCc1nc(-c2ccncc2)cs1. The Morgan fingerprint density at radius 3 is 2.94 bits per heavy atom. The summed E-state index contributed by atoms with van der Waals surface area (Å²) in [5.74, 6) is 0. The van der Waals surface area contributed by atoms with Gasteiger partial charge in [0.1, 0.15) is 5.01 Å². The van der Waals surface area contributed by atoms with Gasteiger partial charge in [-0.05, 0) is 12.1 Å². The van der Waals surface area contributed by atoms with Crippen molar-refractivity contribution in [2.24, 2.45) is 0 Å². The van der Waals surface area contributed by atoms with Gasteiger partial charge in [-0.15, -0.1) is 11.3 Å². The highest BCUT2D eigenvalue weighted by atomic mass is 32.1. The third-order valence-corrected chi connectivity index (χ3v) is 3.14. The van der Waals surface area contributed by atoms with Gasteiger partial charge in [-0.2, -0.15) is 0 Å². The molecule has 2 rings (SSSR count). The lowest BCUT2D eigenvalue weighted by molar-refractivity contribution is 0.199. The van der Waals surface area contributed by atoms with Crippen molar-refractivity contribution < 1.29 is 4.74 Å². The molecule has 17 heavy (non-hydrogen) atoms. The van der Waals surface area contributed by atoms with Crippen LogP contribution in [0.2, 0.25) is 0 Å². The molecule has 0 bridgehead atoms. The van der Waals surface area contributed by atoms with Crippen molar-refractivity contribution in [2.75, 3.05) is 20.3 Å². The van der Waals surface area contributed by atoms with E-state index in [1.165, 1.54) is 0 Å². The minimum Gasteiger partial charge on any atom is -0.383 e. The van der Waals surface area contributed by atoms with Gasteiger partial charge in [-0.1, -0.05) is 0 Å². The fraction of sp³-hybridized carbons (Fsp3) is 0.333. The first-order chi connectivity index (χ1) is 8.40. The van der Waals surface area contributed by atoms with Gasteiger partial charge in [0.2, 0.25) is 0 Å². The van der Waals surface area contributed by atoms with Gasteiger partial charge in [0.15, 0.2) is 0 Å². The Hall–Kier alpha value is -1.30. The minimum absolute atomic E-state index is 0.725. The van der Waals surface area contributed by atoms with E-state index in [1.807, 2.05) is 12.1 Å². The number of rotatable bonds is 6. The molecule has 0 saturated carbocycles. The highest BCUT2D eigenvalue weighted by Gasteiger charge is 2.03. The van der Waals surface area contributed by atoms with E-state index in [9.17, 15) is 0 Å². The van der Waals surface area contributed by atoms with E-state index in [-0.39, 0.29) is 0 Å². The molecule has 2 heterocycles. The Morgan fingerprint density at radius 1 is 1.35 bits per heavy atom. The first-order valence-electron chi connectivity index (χ1n) is 5.44. The van der Waals surface area contributed by atoms with Gasteiger partial charge in [-0.3, -0.25) is 4.98 Å². The average Bonchev–Trinajstić information content (AvgIpc) is 2.85. The molecule has 1 N–H and O–H groups in total. The third-order valence-electron chi connectivity index (χ3n) is 2.29. The van der Waals surface area contributed by atoms with Crippen LogP contribution in [0.5, 0.6) is 0 Å². The Labute approximate surface area is 105 Å². The summed E-state index contributed by atoms with van der Waals surface area (Å²) in [5.41, 5.74) is 2.13. The summed E-state index contributed by atoms with van der Waals surface area (Å²) in [4.78, 5) is 8.56. The van der Waals surface area contributed by atoms with Crippen LogP contribution >= 0.6 is 11.3 Å². The van der Waals surface area contributed by atoms with Crippen LogP contribution in [0.4, 0.5) is 0 Å². The van der Waals surface area contributed by atoms with Crippen molar-refractivity contribution in [3.05, 3.63) is 34.9 Å². The molecule has 0 aliphatic heterocycles. The molecule has 0 aliphatic rings. The first-order valence-corrected chi connectivity index (χ1v) is 6.32. The van der Waals surface area contributed by atoms with Crippen molar-refractivity contribution in [2.45, 2.75) is 6.54 Å². The lowest BCUT2D eigenvalue weighted by Crippen LogP contribution is -2.18. The first kappa shape index (κ1) is 12.2. The van der Waals surface area contributed by atoms with Gasteiger partial charge in [0, 0.05) is 43.5 Å². The fourth-order valence-corrected chi connectivity index (χ4v) is 2.19. The van der Waals surface area contributed by atoms with Crippen LogP contribution in [-0.2, 0) is 11.3 Å². The molecule has 0 unspecified atom stereocenters. The molecule has 0 aliphatic carbocycles. The van der Waals surface area contributed by atoms with Crippen molar-refractivity contribution >= 4 is 11.3 Å². The number of hydrogen-bond acceptors (Lipinski definition) is 5. The van der Waals surface area contributed by atoms with Gasteiger partial charge in [0.05, 0.1) is 12.3 Å². The second-order valence-electron chi connectivity index (χ2n) is 3.53. The standard InChI is InChI=1S/C12H15N3OS/c1-16-7-6-14-8-12-15-11(9-17-12)10-2-4-13-5-3-10/h2-5,9,14H,6-8H2,1H3. The fourth-order valence-electron chi connectivity index (χ4n) is 1.42. The summed E-state index contributed by atoms with van der Waals surface area (Å²) in [6.07, 6.45) is 3.57. The Morgan fingerprint density at radius 2 is 2.18 bits per heavy atom. The molecule has 0 radical (unpaired) electrons. The van der Waals surface area contributed by atoms with Crippen LogP contribution in [0, 0.1) is 0 Å². The van der Waals surface area contributed by atoms with Gasteiger partial charge in [0.25, 0.3) is 0 Å². The number of nitrogens with one attached hydrogen (secondary N) is 1. The van der Waals surface area contributed by atoms with Crippen molar-refractivity contribution in [3.8, 4) is 11.3 Å². The zero-order valence-corrected chi connectivity index (χ0v) is 10.5. The Balaban J connectivity index is 1.92. The third kappa shape index (κ3) is 3.59. The quantitative estimate of drug-likeness (QED) is 0.795. The van der Waals surface area contributed by atoms with Crippen LogP contribution in [0.25, 0.3) is 11.3 Å². The van der Waals surface area contributed by atoms with Crippen LogP contribution < -0.4 is 5.32 Å². The predicted octanol–water partition coefficient (Wildman–Crippen LogP) is 1.94. The zero-order valence-electron chi connectivity index (χ0n) is 9.72. The Kier molecular flexibility index (Phi) is 4.61. The maximum atomic E-state index is 4.97. The molecule has 2 aromatic heterocycles. The zero-order chi connectivity index (χ0) is 11.9. The number of thiazole rings is 1. The minimum atomic E-state index is 0.725. The lowest BCUT2D eigenvalue weighted by atomic mass is 10.2. The lowest BCUT2D eigenvalue weighted by Gasteiger charge is -2.00. The molecular formula is C12H15N3OS. The van der Waals surface area contributed by atoms with Crippen molar-refractivity contribution in [1.82, 2.24) is 15.3 Å². The molecule has 0 atom stereocenters. The molecule has 0 aromatic carbocycles.